The van der Waals surface area contributed by atoms with Gasteiger partial charge in [-0.3, -0.25) is 4.79 Å². The summed E-state index contributed by atoms with van der Waals surface area (Å²) in [6, 6.07) is 30.6. The minimum Gasteiger partial charge on any atom is -0.492 e. The maximum atomic E-state index is 13.1. The van der Waals surface area contributed by atoms with Gasteiger partial charge in [-0.25, -0.2) is 0 Å². The highest BCUT2D eigenvalue weighted by molar-refractivity contribution is 6.05. The Balaban J connectivity index is 0.00000265. The first kappa shape index (κ1) is 35.9. The lowest BCUT2D eigenvalue weighted by Crippen LogP contribution is -2.13. The number of hydrogen-bond acceptors (Lipinski definition) is 8. The minimum absolute atomic E-state index is 0.120. The Bertz CT molecular complexity index is 1950. The van der Waals surface area contributed by atoms with E-state index in [-0.39, 0.29) is 17.5 Å². The highest BCUT2D eigenvalue weighted by atomic mass is 16.3. The molecule has 0 unspecified atom stereocenters. The smallest absolute Gasteiger partial charge is 0.255 e. The SMILES string of the molecule is CC.CCCCc1ccc(-n2nc(C(C)(C)C)c(N=Nc3ccc(N=Nc4ccc(C#N)cc4)c(NC(=O)c4ccccc4)c3)c2O)cc1. The van der Waals surface area contributed by atoms with E-state index in [1.165, 1.54) is 10.2 Å². The molecule has 0 saturated carbocycles. The van der Waals surface area contributed by atoms with E-state index in [4.69, 9.17) is 10.4 Å². The Morgan fingerprint density at radius 3 is 2.16 bits per heavy atom. The molecule has 5 aromatic rings. The first-order valence-corrected chi connectivity index (χ1v) is 16.4. The van der Waals surface area contributed by atoms with Crippen LogP contribution < -0.4 is 5.32 Å². The molecule has 0 aliphatic carbocycles. The van der Waals surface area contributed by atoms with Crippen LogP contribution >= 0.6 is 0 Å². The molecule has 10 heteroatoms. The molecule has 1 heterocycles. The Labute approximate surface area is 287 Å². The van der Waals surface area contributed by atoms with Crippen molar-refractivity contribution in [3.8, 4) is 17.6 Å². The number of aromatic hydroxyl groups is 1. The predicted octanol–water partition coefficient (Wildman–Crippen LogP) is 11.2. The Morgan fingerprint density at radius 1 is 0.878 bits per heavy atom. The summed E-state index contributed by atoms with van der Waals surface area (Å²) in [4.78, 5) is 13.1. The number of rotatable bonds is 10. The van der Waals surface area contributed by atoms with Crippen molar-refractivity contribution in [1.82, 2.24) is 9.78 Å². The summed E-state index contributed by atoms with van der Waals surface area (Å²) in [6.45, 7) is 12.2. The van der Waals surface area contributed by atoms with Gasteiger partial charge in [0.2, 0.25) is 5.88 Å². The van der Waals surface area contributed by atoms with Crippen LogP contribution in [0.4, 0.5) is 28.4 Å². The molecular weight excluding hydrogens is 612 g/mol. The van der Waals surface area contributed by atoms with Gasteiger partial charge in [0.25, 0.3) is 5.91 Å². The Hall–Kier alpha value is -5.95. The van der Waals surface area contributed by atoms with Crippen LogP contribution in [0.5, 0.6) is 5.88 Å². The monoisotopic (exact) mass is 654 g/mol. The number of carbonyl (C=O) groups is 1. The number of hydrogen-bond donors (Lipinski definition) is 2. The van der Waals surface area contributed by atoms with Crippen LogP contribution in [0.3, 0.4) is 0 Å². The fraction of sp³-hybridized carbons (Fsp3) is 0.256. The van der Waals surface area contributed by atoms with Crippen molar-refractivity contribution < 1.29 is 9.90 Å². The van der Waals surface area contributed by atoms with Gasteiger partial charge in [0.15, 0.2) is 5.69 Å². The summed E-state index contributed by atoms with van der Waals surface area (Å²) in [5.74, 6) is -0.449. The molecule has 0 atom stereocenters. The summed E-state index contributed by atoms with van der Waals surface area (Å²) < 4.78 is 1.48. The molecule has 5 rings (SSSR count). The van der Waals surface area contributed by atoms with Crippen LogP contribution in [0.25, 0.3) is 5.69 Å². The van der Waals surface area contributed by atoms with Crippen molar-refractivity contribution in [2.75, 3.05) is 5.32 Å². The van der Waals surface area contributed by atoms with Gasteiger partial charge in [0, 0.05) is 11.0 Å². The van der Waals surface area contributed by atoms with E-state index in [0.29, 0.717) is 39.6 Å². The number of carbonyl (C=O) groups excluding carboxylic acids is 1. The molecule has 0 bridgehead atoms. The average Bonchev–Trinajstić information content (AvgIpc) is 3.47. The molecule has 49 heavy (non-hydrogen) atoms. The number of anilines is 1. The number of amides is 1. The average molecular weight is 655 g/mol. The maximum Gasteiger partial charge on any atom is 0.255 e. The molecule has 0 fully saturated rings. The molecule has 0 aliphatic rings. The van der Waals surface area contributed by atoms with Gasteiger partial charge < -0.3 is 10.4 Å². The van der Waals surface area contributed by atoms with Gasteiger partial charge >= 0.3 is 0 Å². The van der Waals surface area contributed by atoms with Crippen LogP contribution in [0, 0.1) is 11.3 Å². The number of aromatic nitrogens is 2. The molecule has 10 nitrogen and oxygen atoms in total. The van der Waals surface area contributed by atoms with Crippen LogP contribution in [-0.2, 0) is 11.8 Å². The molecular formula is C39H42N8O2. The van der Waals surface area contributed by atoms with Crippen molar-refractivity contribution in [3.63, 3.8) is 0 Å². The summed E-state index contributed by atoms with van der Waals surface area (Å²) in [5, 5.41) is 45.6. The lowest BCUT2D eigenvalue weighted by Gasteiger charge is -2.15. The fourth-order valence-corrected chi connectivity index (χ4v) is 4.74. The van der Waals surface area contributed by atoms with E-state index < -0.39 is 5.41 Å². The van der Waals surface area contributed by atoms with Gasteiger partial charge in [-0.05, 0) is 85.1 Å². The number of nitrogens with one attached hydrogen (secondary N) is 1. The number of azo groups is 2. The number of nitriles is 1. The van der Waals surface area contributed by atoms with E-state index in [1.54, 1.807) is 66.7 Å². The highest BCUT2D eigenvalue weighted by Gasteiger charge is 2.28. The topological polar surface area (TPSA) is 140 Å². The largest absolute Gasteiger partial charge is 0.492 e. The second-order valence-corrected chi connectivity index (χ2v) is 12.0. The van der Waals surface area contributed by atoms with E-state index >= 15 is 0 Å². The molecule has 1 aromatic heterocycles. The van der Waals surface area contributed by atoms with Crippen LogP contribution in [0.2, 0.25) is 0 Å². The van der Waals surface area contributed by atoms with Crippen molar-refractivity contribution in [2.45, 2.75) is 66.2 Å². The van der Waals surface area contributed by atoms with E-state index in [9.17, 15) is 9.90 Å². The van der Waals surface area contributed by atoms with Gasteiger partial charge in [-0.1, -0.05) is 78.3 Å². The quantitative estimate of drug-likeness (QED) is 0.145. The number of aryl methyl sites for hydroxylation is 1. The Morgan fingerprint density at radius 2 is 1.53 bits per heavy atom. The molecule has 0 radical (unpaired) electrons. The first-order valence-electron chi connectivity index (χ1n) is 16.4. The maximum absolute atomic E-state index is 13.1. The molecule has 4 aromatic carbocycles. The third kappa shape index (κ3) is 9.32. The van der Waals surface area contributed by atoms with Crippen molar-refractivity contribution in [3.05, 3.63) is 119 Å². The van der Waals surface area contributed by atoms with Crippen LogP contribution in [0.1, 0.15) is 81.6 Å². The molecule has 2 N–H and O–H groups in total. The number of nitrogens with zero attached hydrogens (tertiary/aromatic N) is 7. The van der Waals surface area contributed by atoms with Crippen molar-refractivity contribution in [2.24, 2.45) is 20.5 Å². The second kappa shape index (κ2) is 16.7. The molecule has 0 saturated heterocycles. The Kier molecular flexibility index (Phi) is 12.3. The molecule has 1 amide bonds. The summed E-state index contributed by atoms with van der Waals surface area (Å²) in [5.41, 5.74) is 5.06. The third-order valence-corrected chi connectivity index (χ3v) is 7.35. The van der Waals surface area contributed by atoms with E-state index in [0.717, 1.165) is 24.9 Å². The molecule has 0 aliphatic heterocycles. The minimum atomic E-state index is -0.442. The number of unbranched alkanes of at least 4 members (excludes halogenated alkanes) is 1. The predicted molar refractivity (Wildman–Crippen MR) is 194 cm³/mol. The van der Waals surface area contributed by atoms with E-state index in [1.807, 2.05) is 52.8 Å². The van der Waals surface area contributed by atoms with Gasteiger partial charge in [0.1, 0.15) is 5.69 Å². The normalized spacial score (nSPS) is 11.3. The third-order valence-electron chi connectivity index (χ3n) is 7.35. The standard InChI is InChI=1S/C37H36N8O2.C2H6/c1-5-6-10-25-15-20-30(21-16-25)45-36(47)33(34(44-45)37(2,3)4)43-41-29-19-22-31(42-40-28-17-13-26(24-38)14-18-28)32(23-29)39-35(46)27-11-8-7-9-12-27;1-2/h7-9,11-23,47H,5-6,10H2,1-4H3,(H,39,46);1-2H3. The lowest BCUT2D eigenvalue weighted by molar-refractivity contribution is 0.102. The zero-order valence-corrected chi connectivity index (χ0v) is 28.8. The molecule has 250 valence electrons. The zero-order chi connectivity index (χ0) is 35.4. The second-order valence-electron chi connectivity index (χ2n) is 12.0. The van der Waals surface area contributed by atoms with Crippen LogP contribution in [0.15, 0.2) is 118 Å². The number of benzene rings is 4. The summed E-state index contributed by atoms with van der Waals surface area (Å²) in [6.07, 6.45) is 3.24. The van der Waals surface area contributed by atoms with Gasteiger partial charge in [-0.2, -0.15) is 25.3 Å². The fourth-order valence-electron chi connectivity index (χ4n) is 4.74. The lowest BCUT2D eigenvalue weighted by atomic mass is 9.91. The summed E-state index contributed by atoms with van der Waals surface area (Å²) in [7, 11) is 0. The highest BCUT2D eigenvalue weighted by Crippen LogP contribution is 2.41. The van der Waals surface area contributed by atoms with Gasteiger partial charge in [0.05, 0.1) is 40.1 Å². The van der Waals surface area contributed by atoms with Crippen LogP contribution in [-0.4, -0.2) is 20.8 Å². The van der Waals surface area contributed by atoms with Crippen molar-refractivity contribution >= 4 is 34.3 Å². The molecule has 0 spiro atoms. The van der Waals surface area contributed by atoms with Crippen molar-refractivity contribution in [1.29, 1.82) is 5.26 Å². The van der Waals surface area contributed by atoms with E-state index in [2.05, 4.69) is 50.9 Å². The zero-order valence-electron chi connectivity index (χ0n) is 28.8. The van der Waals surface area contributed by atoms with Gasteiger partial charge in [-0.15, -0.1) is 10.2 Å². The first-order chi connectivity index (χ1) is 23.7. The summed E-state index contributed by atoms with van der Waals surface area (Å²) >= 11 is 0.